The Hall–Kier alpha value is -2.84. The minimum atomic E-state index is -0.305. The summed E-state index contributed by atoms with van der Waals surface area (Å²) in [5, 5.41) is 5.19. The lowest BCUT2D eigenvalue weighted by molar-refractivity contribution is -0.116. The monoisotopic (exact) mass is 396 g/mol. The lowest BCUT2D eigenvalue weighted by Crippen LogP contribution is -2.25. The van der Waals surface area contributed by atoms with E-state index in [2.05, 4.69) is 15.3 Å². The van der Waals surface area contributed by atoms with Gasteiger partial charge < -0.3 is 10.3 Å². The molecule has 136 valence electrons. The highest BCUT2D eigenvalue weighted by Crippen LogP contribution is 2.26. The van der Waals surface area contributed by atoms with Crippen molar-refractivity contribution in [1.82, 2.24) is 14.5 Å². The molecule has 0 saturated carbocycles. The summed E-state index contributed by atoms with van der Waals surface area (Å²) in [5.41, 5.74) is 2.91. The van der Waals surface area contributed by atoms with Crippen LogP contribution in [0.4, 0.5) is 5.13 Å². The Morgan fingerprint density at radius 2 is 2.00 bits per heavy atom. The number of fused-ring (bicyclic) bond motifs is 1. The topological polar surface area (TPSA) is 79.8 Å². The third kappa shape index (κ3) is 3.67. The molecular weight excluding hydrogens is 380 g/mol. The Kier molecular flexibility index (Phi) is 4.83. The van der Waals surface area contributed by atoms with Crippen molar-refractivity contribution in [2.24, 2.45) is 0 Å². The number of carbonyl (C=O) groups excluding carboxylic acids is 1. The van der Waals surface area contributed by atoms with Crippen molar-refractivity contribution in [2.75, 3.05) is 11.6 Å². The SMILES string of the molecule is CSc1ccc(-c2csc(NC(=O)Cn3c(=O)[nH]c4ccccc43)n2)cc1. The number of amides is 1. The molecule has 0 aliphatic carbocycles. The van der Waals surface area contributed by atoms with Crippen LogP contribution < -0.4 is 11.0 Å². The van der Waals surface area contributed by atoms with E-state index in [1.54, 1.807) is 23.9 Å². The van der Waals surface area contributed by atoms with Gasteiger partial charge in [-0.2, -0.15) is 0 Å². The van der Waals surface area contributed by atoms with Crippen LogP contribution in [0.15, 0.2) is 63.6 Å². The number of nitrogens with one attached hydrogen (secondary N) is 2. The second-order valence-electron chi connectivity index (χ2n) is 5.85. The highest BCUT2D eigenvalue weighted by atomic mass is 32.2. The number of hydrogen-bond acceptors (Lipinski definition) is 5. The molecule has 4 rings (SSSR count). The number of hydrogen-bond donors (Lipinski definition) is 2. The summed E-state index contributed by atoms with van der Waals surface area (Å²) in [4.78, 5) is 32.9. The van der Waals surface area contributed by atoms with Gasteiger partial charge in [-0.25, -0.2) is 9.78 Å². The molecule has 0 radical (unpaired) electrons. The number of thiazole rings is 1. The number of carbonyl (C=O) groups is 1. The van der Waals surface area contributed by atoms with Gasteiger partial charge >= 0.3 is 5.69 Å². The molecule has 2 N–H and O–H groups in total. The first-order chi connectivity index (χ1) is 13.1. The Morgan fingerprint density at radius 3 is 2.78 bits per heavy atom. The average Bonchev–Trinajstić information content (AvgIpc) is 3.27. The summed E-state index contributed by atoms with van der Waals surface area (Å²) in [6.07, 6.45) is 2.03. The van der Waals surface area contributed by atoms with E-state index in [0.717, 1.165) is 11.3 Å². The van der Waals surface area contributed by atoms with E-state index in [1.807, 2.05) is 48.0 Å². The molecule has 2 heterocycles. The summed E-state index contributed by atoms with van der Waals surface area (Å²) in [6.45, 7) is -0.0693. The number of aromatic amines is 1. The summed E-state index contributed by atoms with van der Waals surface area (Å²) >= 11 is 3.04. The van der Waals surface area contributed by atoms with Crippen LogP contribution in [0.2, 0.25) is 0 Å². The number of anilines is 1. The summed E-state index contributed by atoms with van der Waals surface area (Å²) in [6, 6.07) is 15.4. The van der Waals surface area contributed by atoms with Crippen LogP contribution in [0.1, 0.15) is 0 Å². The van der Waals surface area contributed by atoms with Crippen LogP contribution in [0.5, 0.6) is 0 Å². The quantitative estimate of drug-likeness (QED) is 0.503. The molecule has 27 heavy (non-hydrogen) atoms. The molecule has 2 aromatic carbocycles. The molecule has 0 saturated heterocycles. The number of thioether (sulfide) groups is 1. The molecule has 0 aliphatic heterocycles. The van der Waals surface area contributed by atoms with Crippen LogP contribution in [0.3, 0.4) is 0 Å². The predicted octanol–water partition coefficient (Wildman–Crippen LogP) is 3.81. The van der Waals surface area contributed by atoms with Gasteiger partial charge in [-0.15, -0.1) is 23.1 Å². The Morgan fingerprint density at radius 1 is 1.22 bits per heavy atom. The number of rotatable bonds is 5. The second kappa shape index (κ2) is 7.42. The highest BCUT2D eigenvalue weighted by molar-refractivity contribution is 7.98. The van der Waals surface area contributed by atoms with Crippen molar-refractivity contribution >= 4 is 45.2 Å². The minimum Gasteiger partial charge on any atom is -0.306 e. The average molecular weight is 396 g/mol. The lowest BCUT2D eigenvalue weighted by Gasteiger charge is -2.03. The number of para-hydroxylation sites is 2. The largest absolute Gasteiger partial charge is 0.326 e. The van der Waals surface area contributed by atoms with E-state index in [-0.39, 0.29) is 18.1 Å². The van der Waals surface area contributed by atoms with Gasteiger partial charge in [0.2, 0.25) is 5.91 Å². The van der Waals surface area contributed by atoms with Crippen LogP contribution in [0.25, 0.3) is 22.3 Å². The molecule has 4 aromatic rings. The zero-order chi connectivity index (χ0) is 18.8. The van der Waals surface area contributed by atoms with Crippen molar-refractivity contribution in [3.8, 4) is 11.3 Å². The van der Waals surface area contributed by atoms with Gasteiger partial charge in [0.15, 0.2) is 5.13 Å². The molecule has 0 aliphatic rings. The molecule has 6 nitrogen and oxygen atoms in total. The molecule has 1 amide bonds. The zero-order valence-electron chi connectivity index (χ0n) is 14.4. The number of H-pyrrole nitrogens is 1. The van der Waals surface area contributed by atoms with Gasteiger partial charge in [-0.05, 0) is 30.5 Å². The number of nitrogens with zero attached hydrogens (tertiary/aromatic N) is 2. The van der Waals surface area contributed by atoms with E-state index in [0.29, 0.717) is 16.2 Å². The molecular formula is C19H16N4O2S2. The molecule has 0 unspecified atom stereocenters. The maximum atomic E-state index is 12.4. The van der Waals surface area contributed by atoms with Crippen LogP contribution in [-0.2, 0) is 11.3 Å². The van der Waals surface area contributed by atoms with Crippen LogP contribution in [-0.4, -0.2) is 26.7 Å². The van der Waals surface area contributed by atoms with Crippen LogP contribution in [0, 0.1) is 0 Å². The van der Waals surface area contributed by atoms with Gasteiger partial charge in [-0.3, -0.25) is 9.36 Å². The van der Waals surface area contributed by atoms with Crippen molar-refractivity contribution in [1.29, 1.82) is 0 Å². The summed E-state index contributed by atoms with van der Waals surface area (Å²) in [5.74, 6) is -0.291. The fourth-order valence-electron chi connectivity index (χ4n) is 2.79. The fourth-order valence-corrected chi connectivity index (χ4v) is 3.94. The first-order valence-electron chi connectivity index (χ1n) is 8.21. The van der Waals surface area contributed by atoms with Crippen molar-refractivity contribution in [3.05, 3.63) is 64.4 Å². The highest BCUT2D eigenvalue weighted by Gasteiger charge is 2.12. The Labute approximate surface area is 163 Å². The number of imidazole rings is 1. The lowest BCUT2D eigenvalue weighted by atomic mass is 10.2. The van der Waals surface area contributed by atoms with E-state index >= 15 is 0 Å². The third-order valence-electron chi connectivity index (χ3n) is 4.12. The molecule has 0 fully saturated rings. The van der Waals surface area contributed by atoms with E-state index < -0.39 is 0 Å². The maximum absolute atomic E-state index is 12.4. The van der Waals surface area contributed by atoms with Gasteiger partial charge in [0.05, 0.1) is 16.7 Å². The van der Waals surface area contributed by atoms with E-state index in [4.69, 9.17) is 0 Å². The molecule has 0 bridgehead atoms. The predicted molar refractivity (Wildman–Crippen MR) is 111 cm³/mol. The Balaban J connectivity index is 1.49. The molecule has 0 atom stereocenters. The first kappa shape index (κ1) is 17.6. The zero-order valence-corrected chi connectivity index (χ0v) is 16.1. The first-order valence-corrected chi connectivity index (χ1v) is 10.3. The van der Waals surface area contributed by atoms with Gasteiger partial charge in [0.25, 0.3) is 0 Å². The smallest absolute Gasteiger partial charge is 0.306 e. The van der Waals surface area contributed by atoms with Crippen molar-refractivity contribution in [2.45, 2.75) is 11.4 Å². The van der Waals surface area contributed by atoms with Gasteiger partial charge in [-0.1, -0.05) is 24.3 Å². The number of aromatic nitrogens is 3. The fraction of sp³-hybridized carbons (Fsp3) is 0.105. The standard InChI is InChI=1S/C19H16N4O2S2/c1-26-13-8-6-12(7-9-13)15-11-27-18(20-15)22-17(24)10-23-16-5-3-2-4-14(16)21-19(23)25/h2-9,11H,10H2,1H3,(H,21,25)(H,20,22,24). The maximum Gasteiger partial charge on any atom is 0.326 e. The Bertz CT molecular complexity index is 1160. The minimum absolute atomic E-state index is 0.0693. The van der Waals surface area contributed by atoms with Crippen LogP contribution >= 0.6 is 23.1 Å². The molecule has 8 heteroatoms. The normalized spacial score (nSPS) is 11.0. The van der Waals surface area contributed by atoms with Crippen molar-refractivity contribution < 1.29 is 4.79 Å². The third-order valence-corrected chi connectivity index (χ3v) is 5.62. The van der Waals surface area contributed by atoms with Crippen molar-refractivity contribution in [3.63, 3.8) is 0 Å². The van der Waals surface area contributed by atoms with E-state index in [1.165, 1.54) is 20.8 Å². The van der Waals surface area contributed by atoms with Gasteiger partial charge in [0, 0.05) is 15.8 Å². The van der Waals surface area contributed by atoms with E-state index in [9.17, 15) is 9.59 Å². The second-order valence-corrected chi connectivity index (χ2v) is 7.59. The van der Waals surface area contributed by atoms with Gasteiger partial charge in [0.1, 0.15) is 6.54 Å². The summed E-state index contributed by atoms with van der Waals surface area (Å²) in [7, 11) is 0. The summed E-state index contributed by atoms with van der Waals surface area (Å²) < 4.78 is 1.42. The molecule has 0 spiro atoms. The molecule has 2 aromatic heterocycles. The number of benzene rings is 2.